The van der Waals surface area contributed by atoms with Gasteiger partial charge >= 0.3 is 0 Å². The number of hydrogen-bond acceptors (Lipinski definition) is 4. The summed E-state index contributed by atoms with van der Waals surface area (Å²) in [5.41, 5.74) is 0.720. The van der Waals surface area contributed by atoms with Gasteiger partial charge in [-0.15, -0.1) is 0 Å². The monoisotopic (exact) mass is 314 g/mol. The third kappa shape index (κ3) is 3.00. The summed E-state index contributed by atoms with van der Waals surface area (Å²) in [4.78, 5) is 10.4. The molecule has 0 aromatic heterocycles. The largest absolute Gasteiger partial charge is 0.488 e. The van der Waals surface area contributed by atoms with E-state index >= 15 is 0 Å². The standard InChI is InChI=1S/C12H15BrN2O3/c1-8-5-12(10(13)6-11(8)15(16)17)18-9-3-2-4-14-7-9/h5-6,9,14H,2-4,7H2,1H3/t9-/m0/s1. The molecule has 1 N–H and O–H groups in total. The van der Waals surface area contributed by atoms with Gasteiger partial charge in [0.1, 0.15) is 11.9 Å². The zero-order valence-electron chi connectivity index (χ0n) is 10.1. The Morgan fingerprint density at radius 2 is 2.33 bits per heavy atom. The smallest absolute Gasteiger partial charge is 0.273 e. The van der Waals surface area contributed by atoms with E-state index in [1.165, 1.54) is 6.07 Å². The highest BCUT2D eigenvalue weighted by Gasteiger charge is 2.19. The molecule has 1 aliphatic heterocycles. The lowest BCUT2D eigenvalue weighted by Crippen LogP contribution is -2.37. The second-order valence-corrected chi connectivity index (χ2v) is 5.27. The predicted octanol–water partition coefficient (Wildman–Crippen LogP) is 2.80. The SMILES string of the molecule is Cc1cc(O[C@H]2CCCNC2)c(Br)cc1[N+](=O)[O-]. The molecule has 1 aromatic rings. The fourth-order valence-corrected chi connectivity index (χ4v) is 2.46. The summed E-state index contributed by atoms with van der Waals surface area (Å²) < 4.78 is 6.50. The number of nitro benzene ring substituents is 1. The van der Waals surface area contributed by atoms with Crippen molar-refractivity contribution < 1.29 is 9.66 Å². The molecule has 1 atom stereocenters. The fourth-order valence-electron chi connectivity index (χ4n) is 2.03. The van der Waals surface area contributed by atoms with Gasteiger partial charge in [0.25, 0.3) is 5.69 Å². The maximum absolute atomic E-state index is 10.8. The molecule has 1 aliphatic rings. The average molecular weight is 315 g/mol. The number of ether oxygens (including phenoxy) is 1. The van der Waals surface area contributed by atoms with Gasteiger partial charge in [0.15, 0.2) is 0 Å². The van der Waals surface area contributed by atoms with Crippen LogP contribution in [0.15, 0.2) is 16.6 Å². The van der Waals surface area contributed by atoms with E-state index in [0.29, 0.717) is 15.8 Å². The van der Waals surface area contributed by atoms with Gasteiger partial charge in [-0.25, -0.2) is 0 Å². The van der Waals surface area contributed by atoms with Crippen molar-refractivity contribution in [3.05, 3.63) is 32.3 Å². The van der Waals surface area contributed by atoms with Crippen molar-refractivity contribution in [3.8, 4) is 5.75 Å². The van der Waals surface area contributed by atoms with Crippen molar-refractivity contribution in [2.24, 2.45) is 0 Å². The molecule has 6 heteroatoms. The van der Waals surface area contributed by atoms with E-state index in [4.69, 9.17) is 4.74 Å². The molecule has 5 nitrogen and oxygen atoms in total. The Bertz CT molecular complexity index is 459. The third-order valence-electron chi connectivity index (χ3n) is 2.99. The van der Waals surface area contributed by atoms with Gasteiger partial charge in [-0.2, -0.15) is 0 Å². The summed E-state index contributed by atoms with van der Waals surface area (Å²) in [6.07, 6.45) is 2.24. The minimum absolute atomic E-state index is 0.107. The van der Waals surface area contributed by atoms with Crippen molar-refractivity contribution in [2.75, 3.05) is 13.1 Å². The number of nitrogens with zero attached hydrogens (tertiary/aromatic N) is 1. The highest BCUT2D eigenvalue weighted by molar-refractivity contribution is 9.10. The Morgan fingerprint density at radius 3 is 2.94 bits per heavy atom. The highest BCUT2D eigenvalue weighted by Crippen LogP contribution is 2.33. The number of benzene rings is 1. The minimum Gasteiger partial charge on any atom is -0.488 e. The number of aryl methyl sites for hydroxylation is 1. The zero-order valence-corrected chi connectivity index (χ0v) is 11.7. The molecule has 1 aromatic carbocycles. The molecule has 0 spiro atoms. The first-order valence-electron chi connectivity index (χ1n) is 5.90. The van der Waals surface area contributed by atoms with E-state index in [2.05, 4.69) is 21.2 Å². The number of rotatable bonds is 3. The second kappa shape index (κ2) is 5.67. The first kappa shape index (κ1) is 13.3. The van der Waals surface area contributed by atoms with Crippen LogP contribution in [0.25, 0.3) is 0 Å². The van der Waals surface area contributed by atoms with Crippen molar-refractivity contribution in [1.82, 2.24) is 5.32 Å². The van der Waals surface area contributed by atoms with Crippen LogP contribution in [0, 0.1) is 17.0 Å². The van der Waals surface area contributed by atoms with Crippen LogP contribution < -0.4 is 10.1 Å². The van der Waals surface area contributed by atoms with Gasteiger partial charge in [-0.3, -0.25) is 10.1 Å². The normalized spacial score (nSPS) is 19.6. The molecule has 1 heterocycles. The van der Waals surface area contributed by atoms with Crippen LogP contribution in [0.2, 0.25) is 0 Å². The fraction of sp³-hybridized carbons (Fsp3) is 0.500. The Balaban J connectivity index is 2.18. The first-order chi connectivity index (χ1) is 8.58. The molecule has 1 saturated heterocycles. The molecule has 2 rings (SSSR count). The van der Waals surface area contributed by atoms with Crippen LogP contribution in [-0.4, -0.2) is 24.1 Å². The number of nitro groups is 1. The summed E-state index contributed by atoms with van der Waals surface area (Å²) >= 11 is 3.33. The van der Waals surface area contributed by atoms with Crippen LogP contribution in [0.5, 0.6) is 5.75 Å². The Kier molecular flexibility index (Phi) is 4.19. The molecule has 0 unspecified atom stereocenters. The van der Waals surface area contributed by atoms with Crippen LogP contribution in [0.1, 0.15) is 18.4 Å². The molecule has 0 aliphatic carbocycles. The van der Waals surface area contributed by atoms with Crippen LogP contribution in [0.4, 0.5) is 5.69 Å². The Labute approximate surface area is 114 Å². The lowest BCUT2D eigenvalue weighted by molar-refractivity contribution is -0.385. The number of hydrogen-bond donors (Lipinski definition) is 1. The maximum Gasteiger partial charge on any atom is 0.273 e. The molecular formula is C12H15BrN2O3. The quantitative estimate of drug-likeness (QED) is 0.688. The Morgan fingerprint density at radius 1 is 1.56 bits per heavy atom. The van der Waals surface area contributed by atoms with E-state index in [1.807, 2.05) is 0 Å². The first-order valence-corrected chi connectivity index (χ1v) is 6.69. The lowest BCUT2D eigenvalue weighted by atomic mass is 10.1. The molecule has 18 heavy (non-hydrogen) atoms. The van der Waals surface area contributed by atoms with Crippen LogP contribution >= 0.6 is 15.9 Å². The van der Waals surface area contributed by atoms with E-state index in [0.717, 1.165) is 25.9 Å². The third-order valence-corrected chi connectivity index (χ3v) is 3.61. The van der Waals surface area contributed by atoms with Gasteiger partial charge in [0.05, 0.1) is 9.40 Å². The van der Waals surface area contributed by atoms with Gasteiger partial charge < -0.3 is 10.1 Å². The molecule has 0 radical (unpaired) electrons. The van der Waals surface area contributed by atoms with Crippen LogP contribution in [0.3, 0.4) is 0 Å². The highest BCUT2D eigenvalue weighted by atomic mass is 79.9. The summed E-state index contributed by atoms with van der Waals surface area (Å²) in [5, 5.41) is 14.1. The lowest BCUT2D eigenvalue weighted by Gasteiger charge is -2.24. The number of nitrogens with one attached hydrogen (secondary N) is 1. The van der Waals surface area contributed by atoms with Gasteiger partial charge in [-0.05, 0) is 48.3 Å². The molecule has 0 bridgehead atoms. The summed E-state index contributed by atoms with van der Waals surface area (Å²) in [6, 6.07) is 3.22. The summed E-state index contributed by atoms with van der Waals surface area (Å²) in [7, 11) is 0. The predicted molar refractivity (Wildman–Crippen MR) is 72.1 cm³/mol. The molecule has 1 fully saturated rings. The molecule has 0 amide bonds. The summed E-state index contributed by atoms with van der Waals surface area (Å²) in [6.45, 7) is 3.57. The van der Waals surface area contributed by atoms with E-state index in [9.17, 15) is 10.1 Å². The average Bonchev–Trinajstić information content (AvgIpc) is 2.34. The van der Waals surface area contributed by atoms with E-state index < -0.39 is 0 Å². The topological polar surface area (TPSA) is 64.4 Å². The summed E-state index contributed by atoms with van der Waals surface area (Å²) in [5.74, 6) is 0.673. The van der Waals surface area contributed by atoms with Gasteiger partial charge in [0.2, 0.25) is 0 Å². The van der Waals surface area contributed by atoms with Crippen molar-refractivity contribution >= 4 is 21.6 Å². The van der Waals surface area contributed by atoms with E-state index in [1.54, 1.807) is 13.0 Å². The molecule has 98 valence electrons. The van der Waals surface area contributed by atoms with E-state index in [-0.39, 0.29) is 16.7 Å². The maximum atomic E-state index is 10.8. The zero-order chi connectivity index (χ0) is 13.1. The number of halogens is 1. The molecular weight excluding hydrogens is 300 g/mol. The molecule has 0 saturated carbocycles. The van der Waals surface area contributed by atoms with Crippen molar-refractivity contribution in [1.29, 1.82) is 0 Å². The minimum atomic E-state index is -0.383. The van der Waals surface area contributed by atoms with Crippen molar-refractivity contribution in [3.63, 3.8) is 0 Å². The van der Waals surface area contributed by atoms with Gasteiger partial charge in [-0.1, -0.05) is 0 Å². The van der Waals surface area contributed by atoms with Crippen molar-refractivity contribution in [2.45, 2.75) is 25.9 Å². The van der Waals surface area contributed by atoms with Crippen LogP contribution in [-0.2, 0) is 0 Å². The van der Waals surface area contributed by atoms with Gasteiger partial charge in [0, 0.05) is 18.2 Å². The Hall–Kier alpha value is -1.14. The second-order valence-electron chi connectivity index (χ2n) is 4.41. The number of piperidine rings is 1.